The predicted molar refractivity (Wildman–Crippen MR) is 63.5 cm³/mol. The fraction of sp³-hybridized carbons (Fsp3) is 0.250. The first-order valence-corrected chi connectivity index (χ1v) is 5.24. The van der Waals surface area contributed by atoms with Crippen molar-refractivity contribution in [3.8, 4) is 5.75 Å². The van der Waals surface area contributed by atoms with Gasteiger partial charge < -0.3 is 14.6 Å². The lowest BCUT2D eigenvalue weighted by atomic mass is 10.3. The highest BCUT2D eigenvalue weighted by Crippen LogP contribution is 2.20. The number of imidazole rings is 1. The third kappa shape index (κ3) is 2.55. The molecule has 0 bridgehead atoms. The van der Waals surface area contributed by atoms with Crippen molar-refractivity contribution in [1.29, 1.82) is 0 Å². The molecule has 1 heterocycles. The molecule has 0 aliphatic heterocycles. The smallest absolute Gasteiger partial charge is 0.149 e. The molecule has 0 spiro atoms. The van der Waals surface area contributed by atoms with Gasteiger partial charge in [-0.05, 0) is 12.1 Å². The number of nitrogens with one attached hydrogen (secondary N) is 1. The van der Waals surface area contributed by atoms with Crippen molar-refractivity contribution in [2.75, 3.05) is 12.4 Å². The number of nitrogens with zero attached hydrogens (tertiary/aromatic N) is 2. The molecule has 0 fully saturated rings. The standard InChI is InChI=1S/C12H14FN3O/c1-16-6-5-14-12(16)8-15-11-4-3-9(17-2)7-10(11)13/h3-7,15H,8H2,1-2H3. The Balaban J connectivity index is 2.07. The lowest BCUT2D eigenvalue weighted by molar-refractivity contribution is 0.411. The number of halogens is 1. The minimum absolute atomic E-state index is 0.335. The zero-order valence-electron chi connectivity index (χ0n) is 9.77. The number of anilines is 1. The molecule has 1 aromatic carbocycles. The molecule has 2 rings (SSSR count). The minimum atomic E-state index is -0.335. The van der Waals surface area contributed by atoms with E-state index in [-0.39, 0.29) is 5.82 Å². The average molecular weight is 235 g/mol. The van der Waals surface area contributed by atoms with Crippen molar-refractivity contribution < 1.29 is 9.13 Å². The van der Waals surface area contributed by atoms with Crippen molar-refractivity contribution in [2.24, 2.45) is 7.05 Å². The second kappa shape index (κ2) is 4.86. The van der Waals surface area contributed by atoms with Crippen LogP contribution < -0.4 is 10.1 Å². The summed E-state index contributed by atoms with van der Waals surface area (Å²) in [6.07, 6.45) is 3.56. The molecule has 0 atom stereocenters. The third-order valence-electron chi connectivity index (χ3n) is 2.53. The Hall–Kier alpha value is -2.04. The molecule has 0 amide bonds. The summed E-state index contributed by atoms with van der Waals surface area (Å²) in [5.41, 5.74) is 0.439. The van der Waals surface area contributed by atoms with Crippen molar-refractivity contribution in [3.05, 3.63) is 42.2 Å². The van der Waals surface area contributed by atoms with Gasteiger partial charge in [0.2, 0.25) is 0 Å². The lowest BCUT2D eigenvalue weighted by Gasteiger charge is -2.08. The van der Waals surface area contributed by atoms with Crippen molar-refractivity contribution in [1.82, 2.24) is 9.55 Å². The van der Waals surface area contributed by atoms with E-state index in [1.165, 1.54) is 13.2 Å². The number of hydrogen-bond acceptors (Lipinski definition) is 3. The Morgan fingerprint density at radius 1 is 1.47 bits per heavy atom. The summed E-state index contributed by atoms with van der Waals surface area (Å²) in [6.45, 7) is 0.479. The maximum Gasteiger partial charge on any atom is 0.149 e. The van der Waals surface area contributed by atoms with Crippen LogP contribution in [-0.4, -0.2) is 16.7 Å². The molecule has 0 aliphatic rings. The minimum Gasteiger partial charge on any atom is -0.497 e. The number of rotatable bonds is 4. The summed E-state index contributed by atoms with van der Waals surface area (Å²) in [6, 6.07) is 4.71. The van der Waals surface area contributed by atoms with E-state index in [1.807, 2.05) is 17.8 Å². The van der Waals surface area contributed by atoms with Gasteiger partial charge in [0.25, 0.3) is 0 Å². The van der Waals surface area contributed by atoms with Crippen LogP contribution in [0.2, 0.25) is 0 Å². The summed E-state index contributed by atoms with van der Waals surface area (Å²) < 4.78 is 20.4. The van der Waals surface area contributed by atoms with Crippen LogP contribution in [0.4, 0.5) is 10.1 Å². The van der Waals surface area contributed by atoms with Gasteiger partial charge in [0.05, 0.1) is 19.3 Å². The molecule has 0 saturated carbocycles. The average Bonchev–Trinajstić information content (AvgIpc) is 2.73. The molecule has 17 heavy (non-hydrogen) atoms. The molecule has 0 saturated heterocycles. The van der Waals surface area contributed by atoms with E-state index in [4.69, 9.17) is 4.74 Å². The summed E-state index contributed by atoms with van der Waals surface area (Å²) in [5, 5.41) is 2.99. The van der Waals surface area contributed by atoms with E-state index in [0.29, 0.717) is 18.0 Å². The highest BCUT2D eigenvalue weighted by Gasteiger charge is 2.05. The van der Waals surface area contributed by atoms with Crippen molar-refractivity contribution in [3.63, 3.8) is 0 Å². The van der Waals surface area contributed by atoms with Crippen LogP contribution in [0.1, 0.15) is 5.82 Å². The van der Waals surface area contributed by atoms with E-state index in [1.54, 1.807) is 18.3 Å². The molecule has 2 aromatic rings. The van der Waals surface area contributed by atoms with Gasteiger partial charge in [-0.1, -0.05) is 0 Å². The first kappa shape index (κ1) is 11.4. The van der Waals surface area contributed by atoms with Crippen LogP contribution >= 0.6 is 0 Å². The number of aromatic nitrogens is 2. The van der Waals surface area contributed by atoms with Gasteiger partial charge in [0.1, 0.15) is 17.4 Å². The Kier molecular flexibility index (Phi) is 3.27. The van der Waals surface area contributed by atoms with Crippen LogP contribution in [0.3, 0.4) is 0 Å². The second-order valence-corrected chi connectivity index (χ2v) is 3.65. The fourth-order valence-corrected chi connectivity index (χ4v) is 1.51. The summed E-state index contributed by atoms with van der Waals surface area (Å²) in [4.78, 5) is 4.15. The van der Waals surface area contributed by atoms with Crippen molar-refractivity contribution in [2.45, 2.75) is 6.54 Å². The highest BCUT2D eigenvalue weighted by molar-refractivity contribution is 5.48. The normalized spacial score (nSPS) is 10.3. The Morgan fingerprint density at radius 3 is 2.88 bits per heavy atom. The molecule has 4 nitrogen and oxygen atoms in total. The van der Waals surface area contributed by atoms with E-state index in [0.717, 1.165) is 5.82 Å². The summed E-state index contributed by atoms with van der Waals surface area (Å²) in [5.74, 6) is 1.02. The Labute approximate surface area is 99.1 Å². The molecule has 0 unspecified atom stereocenters. The first-order chi connectivity index (χ1) is 8.20. The Bertz CT molecular complexity index is 510. The zero-order valence-corrected chi connectivity index (χ0v) is 9.77. The van der Waals surface area contributed by atoms with Gasteiger partial charge in [-0.3, -0.25) is 0 Å². The fourth-order valence-electron chi connectivity index (χ4n) is 1.51. The number of methoxy groups -OCH3 is 1. The van der Waals surface area contributed by atoms with Crippen LogP contribution in [0.15, 0.2) is 30.6 Å². The summed E-state index contributed by atoms with van der Waals surface area (Å²) in [7, 11) is 3.41. The monoisotopic (exact) mass is 235 g/mol. The van der Waals surface area contributed by atoms with Gasteiger partial charge >= 0.3 is 0 Å². The van der Waals surface area contributed by atoms with E-state index >= 15 is 0 Å². The number of hydrogen-bond donors (Lipinski definition) is 1. The molecule has 5 heteroatoms. The van der Waals surface area contributed by atoms with Gasteiger partial charge in [0, 0.05) is 25.5 Å². The number of aryl methyl sites for hydroxylation is 1. The van der Waals surface area contributed by atoms with Crippen LogP contribution in [0.5, 0.6) is 5.75 Å². The molecular weight excluding hydrogens is 221 g/mol. The molecule has 1 N–H and O–H groups in total. The molecule has 90 valence electrons. The van der Waals surface area contributed by atoms with Gasteiger partial charge in [-0.2, -0.15) is 0 Å². The maximum absolute atomic E-state index is 13.6. The maximum atomic E-state index is 13.6. The highest BCUT2D eigenvalue weighted by atomic mass is 19.1. The molecular formula is C12H14FN3O. The molecule has 1 aromatic heterocycles. The number of ether oxygens (including phenoxy) is 1. The van der Waals surface area contributed by atoms with Gasteiger partial charge in [-0.25, -0.2) is 9.37 Å². The third-order valence-corrected chi connectivity index (χ3v) is 2.53. The van der Waals surface area contributed by atoms with Gasteiger partial charge in [0.15, 0.2) is 0 Å². The second-order valence-electron chi connectivity index (χ2n) is 3.65. The van der Waals surface area contributed by atoms with Crippen LogP contribution in [0, 0.1) is 5.82 Å². The van der Waals surface area contributed by atoms with Crippen LogP contribution in [-0.2, 0) is 13.6 Å². The van der Waals surface area contributed by atoms with Crippen molar-refractivity contribution >= 4 is 5.69 Å². The largest absolute Gasteiger partial charge is 0.497 e. The number of benzene rings is 1. The quantitative estimate of drug-likeness (QED) is 0.882. The summed E-state index contributed by atoms with van der Waals surface area (Å²) >= 11 is 0. The lowest BCUT2D eigenvalue weighted by Crippen LogP contribution is -2.06. The SMILES string of the molecule is COc1ccc(NCc2nccn2C)c(F)c1. The molecule has 0 aliphatic carbocycles. The van der Waals surface area contributed by atoms with Crippen LogP contribution in [0.25, 0.3) is 0 Å². The molecule has 0 radical (unpaired) electrons. The van der Waals surface area contributed by atoms with Gasteiger partial charge in [-0.15, -0.1) is 0 Å². The van der Waals surface area contributed by atoms with E-state index in [9.17, 15) is 4.39 Å². The zero-order chi connectivity index (χ0) is 12.3. The topological polar surface area (TPSA) is 39.1 Å². The van der Waals surface area contributed by atoms with E-state index < -0.39 is 0 Å². The first-order valence-electron chi connectivity index (χ1n) is 5.24. The Morgan fingerprint density at radius 2 is 2.29 bits per heavy atom. The predicted octanol–water partition coefficient (Wildman–Crippen LogP) is 2.18. The van der Waals surface area contributed by atoms with E-state index in [2.05, 4.69) is 10.3 Å².